The molecule has 3 aromatic heterocycles. The van der Waals surface area contributed by atoms with Gasteiger partial charge >= 0.3 is 0 Å². The first-order valence-corrected chi connectivity index (χ1v) is 7.53. The SMILES string of the molecule is Cc1cc(-c2noc(-c3nccc4ccsc34)n2)ccc1F. The van der Waals surface area contributed by atoms with Gasteiger partial charge in [-0.25, -0.2) is 9.37 Å². The lowest BCUT2D eigenvalue weighted by Gasteiger charge is -1.98. The topological polar surface area (TPSA) is 51.8 Å². The second-order valence-electron chi connectivity index (χ2n) is 4.89. The van der Waals surface area contributed by atoms with E-state index in [0.29, 0.717) is 28.5 Å². The van der Waals surface area contributed by atoms with Gasteiger partial charge in [-0.3, -0.25) is 0 Å². The fourth-order valence-electron chi connectivity index (χ4n) is 2.27. The van der Waals surface area contributed by atoms with Crippen LogP contribution in [0.3, 0.4) is 0 Å². The zero-order chi connectivity index (χ0) is 15.1. The molecule has 0 spiro atoms. The standard InChI is InChI=1S/C16H10FN3OS/c1-9-8-11(2-3-12(9)17)15-19-16(21-20-15)13-14-10(4-6-18-13)5-7-22-14/h2-8H,1H3. The van der Waals surface area contributed by atoms with E-state index in [1.807, 2.05) is 17.5 Å². The third-order valence-corrected chi connectivity index (χ3v) is 4.35. The summed E-state index contributed by atoms with van der Waals surface area (Å²) >= 11 is 1.58. The Morgan fingerprint density at radius 3 is 2.95 bits per heavy atom. The lowest BCUT2D eigenvalue weighted by molar-refractivity contribution is 0.431. The molecule has 0 radical (unpaired) electrons. The Hall–Kier alpha value is -2.60. The van der Waals surface area contributed by atoms with E-state index in [2.05, 4.69) is 15.1 Å². The molecule has 0 bridgehead atoms. The summed E-state index contributed by atoms with van der Waals surface area (Å²) in [6.07, 6.45) is 1.72. The van der Waals surface area contributed by atoms with Crippen molar-refractivity contribution in [1.82, 2.24) is 15.1 Å². The molecular formula is C16H10FN3OS. The van der Waals surface area contributed by atoms with Crippen LogP contribution in [0.25, 0.3) is 33.1 Å². The normalized spacial score (nSPS) is 11.2. The number of aryl methyl sites for hydroxylation is 1. The highest BCUT2D eigenvalue weighted by Gasteiger charge is 2.15. The van der Waals surface area contributed by atoms with E-state index in [-0.39, 0.29) is 5.82 Å². The van der Waals surface area contributed by atoms with E-state index in [4.69, 9.17) is 4.52 Å². The fourth-order valence-corrected chi connectivity index (χ4v) is 3.14. The quantitative estimate of drug-likeness (QED) is 0.548. The fraction of sp³-hybridized carbons (Fsp3) is 0.0625. The zero-order valence-corrected chi connectivity index (χ0v) is 12.4. The molecular weight excluding hydrogens is 301 g/mol. The van der Waals surface area contributed by atoms with Gasteiger partial charge in [0.05, 0.1) is 4.70 Å². The van der Waals surface area contributed by atoms with E-state index >= 15 is 0 Å². The average Bonchev–Trinajstić information content (AvgIpc) is 3.18. The molecule has 0 amide bonds. The maximum Gasteiger partial charge on any atom is 0.278 e. The summed E-state index contributed by atoms with van der Waals surface area (Å²) < 4.78 is 19.7. The number of fused-ring (bicyclic) bond motifs is 1. The summed E-state index contributed by atoms with van der Waals surface area (Å²) in [6.45, 7) is 1.70. The van der Waals surface area contributed by atoms with Gasteiger partial charge in [-0.05, 0) is 53.6 Å². The van der Waals surface area contributed by atoms with Crippen LogP contribution in [-0.2, 0) is 0 Å². The Kier molecular flexibility index (Phi) is 2.97. The van der Waals surface area contributed by atoms with Crippen LogP contribution in [0.2, 0.25) is 0 Å². The zero-order valence-electron chi connectivity index (χ0n) is 11.6. The minimum absolute atomic E-state index is 0.252. The maximum absolute atomic E-state index is 13.4. The number of benzene rings is 1. The number of pyridine rings is 1. The first-order chi connectivity index (χ1) is 10.7. The molecule has 108 valence electrons. The highest BCUT2D eigenvalue weighted by atomic mass is 32.1. The average molecular weight is 311 g/mol. The van der Waals surface area contributed by atoms with Crippen LogP contribution in [0.1, 0.15) is 5.56 Å². The molecule has 22 heavy (non-hydrogen) atoms. The molecule has 0 saturated carbocycles. The Morgan fingerprint density at radius 1 is 1.18 bits per heavy atom. The monoisotopic (exact) mass is 311 g/mol. The summed E-state index contributed by atoms with van der Waals surface area (Å²) in [6, 6.07) is 8.69. The minimum Gasteiger partial charge on any atom is -0.332 e. The van der Waals surface area contributed by atoms with Gasteiger partial charge in [0.25, 0.3) is 5.89 Å². The van der Waals surface area contributed by atoms with Crippen molar-refractivity contribution < 1.29 is 8.91 Å². The summed E-state index contributed by atoms with van der Waals surface area (Å²) in [5.74, 6) is 0.538. The molecule has 4 rings (SSSR count). The Morgan fingerprint density at radius 2 is 2.09 bits per heavy atom. The third kappa shape index (κ3) is 2.08. The maximum atomic E-state index is 13.4. The molecule has 0 aliphatic rings. The van der Waals surface area contributed by atoms with Gasteiger partial charge in [0.15, 0.2) is 0 Å². The lowest BCUT2D eigenvalue weighted by Crippen LogP contribution is -1.87. The molecule has 0 fully saturated rings. The third-order valence-electron chi connectivity index (χ3n) is 3.41. The van der Waals surface area contributed by atoms with Crippen LogP contribution in [-0.4, -0.2) is 15.1 Å². The van der Waals surface area contributed by atoms with E-state index in [9.17, 15) is 4.39 Å². The van der Waals surface area contributed by atoms with Crippen molar-refractivity contribution in [2.45, 2.75) is 6.92 Å². The first-order valence-electron chi connectivity index (χ1n) is 6.65. The molecule has 0 unspecified atom stereocenters. The number of nitrogens with zero attached hydrogens (tertiary/aromatic N) is 3. The predicted molar refractivity (Wildman–Crippen MR) is 83.0 cm³/mol. The number of hydrogen-bond acceptors (Lipinski definition) is 5. The second-order valence-corrected chi connectivity index (χ2v) is 5.80. The molecule has 0 aliphatic heterocycles. The Labute approximate surface area is 129 Å². The molecule has 4 nitrogen and oxygen atoms in total. The van der Waals surface area contributed by atoms with Crippen LogP contribution in [0.4, 0.5) is 4.39 Å². The van der Waals surface area contributed by atoms with Crippen molar-refractivity contribution in [1.29, 1.82) is 0 Å². The Bertz CT molecular complexity index is 976. The van der Waals surface area contributed by atoms with Crippen LogP contribution >= 0.6 is 11.3 Å². The largest absolute Gasteiger partial charge is 0.332 e. The van der Waals surface area contributed by atoms with Gasteiger partial charge < -0.3 is 4.52 Å². The molecule has 3 heterocycles. The molecule has 6 heteroatoms. The number of thiophene rings is 1. The van der Waals surface area contributed by atoms with Gasteiger partial charge in [0, 0.05) is 11.8 Å². The number of aromatic nitrogens is 3. The second kappa shape index (κ2) is 4.99. The highest BCUT2D eigenvalue weighted by molar-refractivity contribution is 7.17. The van der Waals surface area contributed by atoms with Crippen LogP contribution in [0, 0.1) is 12.7 Å². The van der Waals surface area contributed by atoms with Crippen molar-refractivity contribution in [3.8, 4) is 23.0 Å². The minimum atomic E-state index is -0.252. The van der Waals surface area contributed by atoms with Crippen LogP contribution in [0.15, 0.2) is 46.4 Å². The number of rotatable bonds is 2. The summed E-state index contributed by atoms with van der Waals surface area (Å²) in [5, 5.41) is 7.07. The van der Waals surface area contributed by atoms with Crippen molar-refractivity contribution in [2.24, 2.45) is 0 Å². The van der Waals surface area contributed by atoms with Gasteiger partial charge in [-0.15, -0.1) is 11.3 Å². The molecule has 1 aromatic carbocycles. The lowest BCUT2D eigenvalue weighted by atomic mass is 10.1. The molecule has 0 N–H and O–H groups in total. The molecule has 0 saturated heterocycles. The molecule has 0 atom stereocenters. The van der Waals surface area contributed by atoms with Crippen molar-refractivity contribution in [3.63, 3.8) is 0 Å². The number of halogens is 1. The van der Waals surface area contributed by atoms with Crippen molar-refractivity contribution in [3.05, 3.63) is 53.3 Å². The van der Waals surface area contributed by atoms with E-state index in [1.54, 1.807) is 36.6 Å². The summed E-state index contributed by atoms with van der Waals surface area (Å²) in [7, 11) is 0. The predicted octanol–water partition coefficient (Wildman–Crippen LogP) is 4.46. The van der Waals surface area contributed by atoms with Gasteiger partial charge in [0.1, 0.15) is 11.5 Å². The van der Waals surface area contributed by atoms with Crippen LogP contribution < -0.4 is 0 Å². The smallest absolute Gasteiger partial charge is 0.278 e. The van der Waals surface area contributed by atoms with Gasteiger partial charge in [-0.1, -0.05) is 5.16 Å². The van der Waals surface area contributed by atoms with Gasteiger partial charge in [-0.2, -0.15) is 4.98 Å². The first kappa shape index (κ1) is 13.1. The Balaban J connectivity index is 1.81. The van der Waals surface area contributed by atoms with E-state index < -0.39 is 0 Å². The molecule has 4 aromatic rings. The van der Waals surface area contributed by atoms with E-state index in [0.717, 1.165) is 10.1 Å². The van der Waals surface area contributed by atoms with E-state index in [1.165, 1.54) is 6.07 Å². The number of hydrogen-bond donors (Lipinski definition) is 0. The summed E-state index contributed by atoms with van der Waals surface area (Å²) in [5.41, 5.74) is 1.93. The van der Waals surface area contributed by atoms with Crippen molar-refractivity contribution >= 4 is 21.4 Å². The highest BCUT2D eigenvalue weighted by Crippen LogP contribution is 2.30. The van der Waals surface area contributed by atoms with Crippen molar-refractivity contribution in [2.75, 3.05) is 0 Å². The summed E-state index contributed by atoms with van der Waals surface area (Å²) in [4.78, 5) is 8.74. The van der Waals surface area contributed by atoms with Crippen LogP contribution in [0.5, 0.6) is 0 Å². The van der Waals surface area contributed by atoms with Gasteiger partial charge in [0.2, 0.25) is 5.82 Å². The molecule has 0 aliphatic carbocycles.